The molecule has 1 aliphatic rings. The summed E-state index contributed by atoms with van der Waals surface area (Å²) in [6, 6.07) is 21.8. The Bertz CT molecular complexity index is 966. The number of ether oxygens (including phenoxy) is 3. The summed E-state index contributed by atoms with van der Waals surface area (Å²) in [5, 5.41) is 10.5. The first-order chi connectivity index (χ1) is 14.6. The highest BCUT2D eigenvalue weighted by atomic mass is 16.5. The van der Waals surface area contributed by atoms with Gasteiger partial charge < -0.3 is 19.3 Å². The summed E-state index contributed by atoms with van der Waals surface area (Å²) in [4.78, 5) is 0. The lowest BCUT2D eigenvalue weighted by Crippen LogP contribution is -2.19. The van der Waals surface area contributed by atoms with Crippen molar-refractivity contribution in [3.63, 3.8) is 0 Å². The standard InChI is InChI=1S/C26H28O4/c1-18-23-17-24(27)20(7-6-14-29-22-8-4-3-5-9-22)16-26(23)30-25(18)15-19-10-12-21(28-2)13-11-19/h3-5,8-13,16-18,25,27H,6-7,14-15H2,1-2H3. The molecule has 2 unspecified atom stereocenters. The average molecular weight is 405 g/mol. The molecule has 4 nitrogen and oxygen atoms in total. The molecule has 2 atom stereocenters. The number of fused-ring (bicyclic) bond motifs is 1. The van der Waals surface area contributed by atoms with E-state index in [1.165, 1.54) is 5.56 Å². The molecule has 156 valence electrons. The highest BCUT2D eigenvalue weighted by molar-refractivity contribution is 5.50. The number of para-hydroxylation sites is 1. The largest absolute Gasteiger partial charge is 0.508 e. The van der Waals surface area contributed by atoms with E-state index in [1.54, 1.807) is 7.11 Å². The summed E-state index contributed by atoms with van der Waals surface area (Å²) < 4.78 is 17.3. The normalized spacial score (nSPS) is 17.3. The molecule has 0 bridgehead atoms. The Hall–Kier alpha value is -3.14. The lowest BCUT2D eigenvalue weighted by atomic mass is 9.92. The molecule has 3 aromatic carbocycles. The second-order valence-electron chi connectivity index (χ2n) is 7.78. The molecular formula is C26H28O4. The number of benzene rings is 3. The van der Waals surface area contributed by atoms with Gasteiger partial charge >= 0.3 is 0 Å². The Morgan fingerprint density at radius 2 is 1.73 bits per heavy atom. The minimum Gasteiger partial charge on any atom is -0.508 e. The number of hydrogen-bond donors (Lipinski definition) is 1. The third kappa shape index (κ3) is 4.54. The van der Waals surface area contributed by atoms with E-state index in [1.807, 2.05) is 54.6 Å². The van der Waals surface area contributed by atoms with Crippen LogP contribution in [0.15, 0.2) is 66.7 Å². The van der Waals surface area contributed by atoms with Gasteiger partial charge in [0.05, 0.1) is 13.7 Å². The minimum atomic E-state index is 0.0597. The first-order valence-electron chi connectivity index (χ1n) is 10.5. The van der Waals surface area contributed by atoms with Gasteiger partial charge in [0.15, 0.2) is 0 Å². The van der Waals surface area contributed by atoms with Crippen LogP contribution in [0.1, 0.15) is 36.0 Å². The van der Waals surface area contributed by atoms with Gasteiger partial charge in [0.1, 0.15) is 29.1 Å². The maximum atomic E-state index is 10.5. The molecule has 1 heterocycles. The number of aryl methyl sites for hydroxylation is 1. The van der Waals surface area contributed by atoms with Crippen LogP contribution in [-0.2, 0) is 12.8 Å². The van der Waals surface area contributed by atoms with Crippen molar-refractivity contribution in [3.8, 4) is 23.0 Å². The molecule has 4 heteroatoms. The first-order valence-corrected chi connectivity index (χ1v) is 10.5. The summed E-state index contributed by atoms with van der Waals surface area (Å²) in [6.07, 6.45) is 2.45. The maximum Gasteiger partial charge on any atom is 0.123 e. The van der Waals surface area contributed by atoms with Gasteiger partial charge in [-0.25, -0.2) is 0 Å². The van der Waals surface area contributed by atoms with E-state index in [0.29, 0.717) is 12.4 Å². The van der Waals surface area contributed by atoms with E-state index in [0.717, 1.165) is 47.6 Å². The Morgan fingerprint density at radius 3 is 2.47 bits per heavy atom. The van der Waals surface area contributed by atoms with Crippen molar-refractivity contribution in [1.82, 2.24) is 0 Å². The lowest BCUT2D eigenvalue weighted by Gasteiger charge is -2.15. The zero-order valence-electron chi connectivity index (χ0n) is 17.5. The van der Waals surface area contributed by atoms with E-state index < -0.39 is 0 Å². The van der Waals surface area contributed by atoms with E-state index >= 15 is 0 Å². The molecule has 3 aromatic rings. The van der Waals surface area contributed by atoms with Crippen LogP contribution in [0, 0.1) is 0 Å². The molecule has 0 aromatic heterocycles. The molecule has 0 radical (unpaired) electrons. The predicted molar refractivity (Wildman–Crippen MR) is 118 cm³/mol. The highest BCUT2D eigenvalue weighted by Crippen LogP contribution is 2.42. The molecule has 1 aliphatic heterocycles. The van der Waals surface area contributed by atoms with E-state index in [-0.39, 0.29) is 12.0 Å². The topological polar surface area (TPSA) is 47.9 Å². The molecule has 0 amide bonds. The van der Waals surface area contributed by atoms with Gasteiger partial charge in [-0.3, -0.25) is 0 Å². The van der Waals surface area contributed by atoms with Crippen molar-refractivity contribution in [3.05, 3.63) is 83.4 Å². The third-order valence-electron chi connectivity index (χ3n) is 5.74. The van der Waals surface area contributed by atoms with Gasteiger partial charge in [-0.1, -0.05) is 37.3 Å². The van der Waals surface area contributed by atoms with Gasteiger partial charge in [0, 0.05) is 17.9 Å². The number of phenols is 1. The molecular weight excluding hydrogens is 376 g/mol. The van der Waals surface area contributed by atoms with Crippen LogP contribution in [-0.4, -0.2) is 24.9 Å². The summed E-state index contributed by atoms with van der Waals surface area (Å²) in [5.41, 5.74) is 3.20. The van der Waals surface area contributed by atoms with Crippen LogP contribution in [0.4, 0.5) is 0 Å². The Morgan fingerprint density at radius 1 is 0.967 bits per heavy atom. The Labute approximate surface area is 178 Å². The number of phenolic OH excluding ortho intramolecular Hbond substituents is 1. The van der Waals surface area contributed by atoms with E-state index in [9.17, 15) is 5.11 Å². The second kappa shape index (κ2) is 9.12. The first kappa shape index (κ1) is 20.1. The zero-order valence-corrected chi connectivity index (χ0v) is 17.5. The average Bonchev–Trinajstić information content (AvgIpc) is 3.07. The highest BCUT2D eigenvalue weighted by Gasteiger charge is 2.32. The number of hydrogen-bond acceptors (Lipinski definition) is 4. The fourth-order valence-electron chi connectivity index (χ4n) is 3.93. The van der Waals surface area contributed by atoms with Crippen molar-refractivity contribution in [1.29, 1.82) is 0 Å². The summed E-state index contributed by atoms with van der Waals surface area (Å²) in [6.45, 7) is 2.77. The molecule has 0 aliphatic carbocycles. The monoisotopic (exact) mass is 404 g/mol. The Balaban J connectivity index is 1.37. The van der Waals surface area contributed by atoms with Crippen molar-refractivity contribution in [2.75, 3.05) is 13.7 Å². The van der Waals surface area contributed by atoms with Crippen molar-refractivity contribution >= 4 is 0 Å². The Kier molecular flexibility index (Phi) is 6.12. The minimum absolute atomic E-state index is 0.0597. The van der Waals surface area contributed by atoms with Crippen LogP contribution in [0.3, 0.4) is 0 Å². The molecule has 0 saturated heterocycles. The van der Waals surface area contributed by atoms with Crippen molar-refractivity contribution in [2.45, 2.75) is 38.2 Å². The molecule has 0 fully saturated rings. The van der Waals surface area contributed by atoms with Crippen LogP contribution in [0.5, 0.6) is 23.0 Å². The van der Waals surface area contributed by atoms with Crippen molar-refractivity contribution in [2.24, 2.45) is 0 Å². The van der Waals surface area contributed by atoms with Crippen LogP contribution < -0.4 is 14.2 Å². The SMILES string of the molecule is COc1ccc(CC2Oc3cc(CCCOc4ccccc4)c(O)cc3C2C)cc1. The van der Waals surface area contributed by atoms with Gasteiger partial charge in [-0.15, -0.1) is 0 Å². The van der Waals surface area contributed by atoms with Crippen LogP contribution in [0.25, 0.3) is 0 Å². The van der Waals surface area contributed by atoms with E-state index in [2.05, 4.69) is 19.1 Å². The smallest absolute Gasteiger partial charge is 0.123 e. The fraction of sp³-hybridized carbons (Fsp3) is 0.308. The van der Waals surface area contributed by atoms with Gasteiger partial charge in [0.2, 0.25) is 0 Å². The second-order valence-corrected chi connectivity index (χ2v) is 7.78. The summed E-state index contributed by atoms with van der Waals surface area (Å²) >= 11 is 0. The summed E-state index contributed by atoms with van der Waals surface area (Å²) in [7, 11) is 1.67. The fourth-order valence-corrected chi connectivity index (χ4v) is 3.93. The van der Waals surface area contributed by atoms with Gasteiger partial charge in [0.25, 0.3) is 0 Å². The maximum absolute atomic E-state index is 10.5. The van der Waals surface area contributed by atoms with Crippen LogP contribution in [0.2, 0.25) is 0 Å². The van der Waals surface area contributed by atoms with Crippen molar-refractivity contribution < 1.29 is 19.3 Å². The summed E-state index contributed by atoms with van der Waals surface area (Å²) in [5.74, 6) is 3.18. The number of rotatable bonds is 8. The molecule has 1 N–H and O–H groups in total. The van der Waals surface area contributed by atoms with E-state index in [4.69, 9.17) is 14.2 Å². The quantitative estimate of drug-likeness (QED) is 0.502. The van der Waals surface area contributed by atoms with Crippen LogP contribution >= 0.6 is 0 Å². The lowest BCUT2D eigenvalue weighted by molar-refractivity contribution is 0.211. The third-order valence-corrected chi connectivity index (χ3v) is 5.74. The predicted octanol–water partition coefficient (Wildman–Crippen LogP) is 5.52. The van der Waals surface area contributed by atoms with Gasteiger partial charge in [-0.2, -0.15) is 0 Å². The molecule has 4 rings (SSSR count). The molecule has 0 spiro atoms. The molecule has 30 heavy (non-hydrogen) atoms. The number of methoxy groups -OCH3 is 1. The number of aromatic hydroxyl groups is 1. The van der Waals surface area contributed by atoms with Gasteiger partial charge in [-0.05, 0) is 60.4 Å². The zero-order chi connectivity index (χ0) is 20.9. The molecule has 0 saturated carbocycles.